The van der Waals surface area contributed by atoms with Crippen molar-refractivity contribution in [2.24, 2.45) is 11.8 Å². The Morgan fingerprint density at radius 3 is 2.71 bits per heavy atom. The summed E-state index contributed by atoms with van der Waals surface area (Å²) < 4.78 is 1.62. The van der Waals surface area contributed by atoms with E-state index in [9.17, 15) is 9.90 Å². The first kappa shape index (κ1) is 19.3. The Morgan fingerprint density at radius 1 is 1.21 bits per heavy atom. The van der Waals surface area contributed by atoms with Crippen molar-refractivity contribution in [3.05, 3.63) is 18.0 Å². The maximum atomic E-state index is 12.7. The molecular formula is C19H28N6O2S. The molecule has 2 unspecified atom stereocenters. The number of nitrogens with one attached hydrogen (secondary N) is 1. The Balaban J connectivity index is 1.32. The van der Waals surface area contributed by atoms with E-state index in [1.54, 1.807) is 16.9 Å². The van der Waals surface area contributed by atoms with Crippen molar-refractivity contribution in [3.8, 4) is 5.13 Å². The summed E-state index contributed by atoms with van der Waals surface area (Å²) in [6, 6.07) is 2.11. The predicted octanol–water partition coefficient (Wildman–Crippen LogP) is 2.13. The molecule has 0 aromatic carbocycles. The van der Waals surface area contributed by atoms with Gasteiger partial charge in [0.15, 0.2) is 0 Å². The second kappa shape index (κ2) is 8.57. The van der Waals surface area contributed by atoms with Gasteiger partial charge in [-0.1, -0.05) is 31.1 Å². The Kier molecular flexibility index (Phi) is 5.91. The number of amides is 1. The number of nitrogens with zero attached hydrogens (tertiary/aromatic N) is 5. The van der Waals surface area contributed by atoms with E-state index in [-0.39, 0.29) is 18.4 Å². The Hall–Kier alpha value is -2.00. The highest BCUT2D eigenvalue weighted by molar-refractivity contribution is 7.17. The van der Waals surface area contributed by atoms with Gasteiger partial charge in [-0.25, -0.2) is 4.68 Å². The molecule has 3 heterocycles. The molecule has 1 saturated heterocycles. The maximum Gasteiger partial charge on any atom is 0.234 e. The SMILES string of the molecule is CC1CCCCC1NC(=O)C1CCN(c2nnc(-n3nccc3CO)s2)CC1. The number of aliphatic hydroxyl groups excluding tert-OH is 1. The molecule has 2 aromatic heterocycles. The Bertz CT molecular complexity index is 798. The first-order valence-electron chi connectivity index (χ1n) is 10.2. The highest BCUT2D eigenvalue weighted by atomic mass is 32.1. The molecule has 1 saturated carbocycles. The lowest BCUT2D eigenvalue weighted by atomic mass is 9.85. The van der Waals surface area contributed by atoms with Gasteiger partial charge in [-0.3, -0.25) is 4.79 Å². The zero-order valence-corrected chi connectivity index (χ0v) is 17.1. The van der Waals surface area contributed by atoms with Crippen molar-refractivity contribution in [1.29, 1.82) is 0 Å². The van der Waals surface area contributed by atoms with Crippen molar-refractivity contribution in [2.45, 2.75) is 58.1 Å². The molecule has 2 atom stereocenters. The fourth-order valence-electron chi connectivity index (χ4n) is 4.21. The number of carbonyl (C=O) groups excluding carboxylic acids is 1. The average molecular weight is 405 g/mol. The third-order valence-electron chi connectivity index (χ3n) is 6.04. The minimum absolute atomic E-state index is 0.0878. The van der Waals surface area contributed by atoms with Gasteiger partial charge in [0.05, 0.1) is 12.3 Å². The minimum atomic E-state index is -0.0883. The molecule has 152 valence electrons. The fourth-order valence-corrected chi connectivity index (χ4v) is 5.10. The first-order valence-corrected chi connectivity index (χ1v) is 11.0. The lowest BCUT2D eigenvalue weighted by Crippen LogP contribution is -2.46. The lowest BCUT2D eigenvalue weighted by molar-refractivity contribution is -0.126. The summed E-state index contributed by atoms with van der Waals surface area (Å²) in [6.45, 7) is 3.77. The maximum absolute atomic E-state index is 12.7. The zero-order chi connectivity index (χ0) is 19.5. The Morgan fingerprint density at radius 2 is 1.96 bits per heavy atom. The van der Waals surface area contributed by atoms with Gasteiger partial charge in [0.2, 0.25) is 16.2 Å². The van der Waals surface area contributed by atoms with Crippen LogP contribution >= 0.6 is 11.3 Å². The number of rotatable bonds is 5. The minimum Gasteiger partial charge on any atom is -0.390 e. The summed E-state index contributed by atoms with van der Waals surface area (Å²) in [5, 5.41) is 26.9. The first-order chi connectivity index (χ1) is 13.7. The second-order valence-electron chi connectivity index (χ2n) is 7.90. The summed E-state index contributed by atoms with van der Waals surface area (Å²) in [5.41, 5.74) is 0.690. The van der Waals surface area contributed by atoms with E-state index in [0.717, 1.165) is 37.5 Å². The predicted molar refractivity (Wildman–Crippen MR) is 107 cm³/mol. The highest BCUT2D eigenvalue weighted by Gasteiger charge is 2.30. The van der Waals surface area contributed by atoms with E-state index in [4.69, 9.17) is 0 Å². The normalized spacial score (nSPS) is 23.7. The number of carbonyl (C=O) groups is 1. The van der Waals surface area contributed by atoms with Gasteiger partial charge in [-0.05, 0) is 37.7 Å². The van der Waals surface area contributed by atoms with Gasteiger partial charge < -0.3 is 15.3 Å². The van der Waals surface area contributed by atoms with Crippen LogP contribution in [0, 0.1) is 11.8 Å². The second-order valence-corrected chi connectivity index (χ2v) is 8.83. The van der Waals surface area contributed by atoms with Gasteiger partial charge in [-0.15, -0.1) is 10.2 Å². The number of anilines is 1. The third-order valence-corrected chi connectivity index (χ3v) is 7.00. The fraction of sp³-hybridized carbons (Fsp3) is 0.684. The molecule has 8 nitrogen and oxygen atoms in total. The van der Waals surface area contributed by atoms with E-state index >= 15 is 0 Å². The van der Waals surface area contributed by atoms with E-state index in [0.29, 0.717) is 22.8 Å². The molecule has 1 aliphatic heterocycles. The summed E-state index contributed by atoms with van der Waals surface area (Å²) in [7, 11) is 0. The molecule has 4 rings (SSSR count). The lowest BCUT2D eigenvalue weighted by Gasteiger charge is -2.34. The van der Waals surface area contributed by atoms with Crippen molar-refractivity contribution < 1.29 is 9.90 Å². The van der Waals surface area contributed by atoms with Crippen LogP contribution in [-0.4, -0.2) is 50.1 Å². The molecule has 2 fully saturated rings. The average Bonchev–Trinajstić information content (AvgIpc) is 3.39. The van der Waals surface area contributed by atoms with Crippen LogP contribution in [0.5, 0.6) is 0 Å². The van der Waals surface area contributed by atoms with E-state index < -0.39 is 0 Å². The standard InChI is InChI=1S/C19H28N6O2S/c1-13-4-2-3-5-16(13)21-17(27)14-7-10-24(11-8-14)18-22-23-19(28-18)25-15(12-26)6-9-20-25/h6,9,13-14,16,26H,2-5,7-8,10-12H2,1H3,(H,21,27). The van der Waals surface area contributed by atoms with Crippen molar-refractivity contribution in [2.75, 3.05) is 18.0 Å². The molecular weight excluding hydrogens is 376 g/mol. The van der Waals surface area contributed by atoms with Crippen LogP contribution in [0.1, 0.15) is 51.1 Å². The molecule has 0 radical (unpaired) electrons. The third kappa shape index (κ3) is 4.05. The van der Waals surface area contributed by atoms with Crippen molar-refractivity contribution >= 4 is 22.4 Å². The topological polar surface area (TPSA) is 96.2 Å². The molecule has 2 aliphatic rings. The van der Waals surface area contributed by atoms with Crippen LogP contribution in [0.25, 0.3) is 5.13 Å². The van der Waals surface area contributed by atoms with Gasteiger partial charge in [0.1, 0.15) is 0 Å². The van der Waals surface area contributed by atoms with Crippen LogP contribution < -0.4 is 10.2 Å². The molecule has 2 N–H and O–H groups in total. The smallest absolute Gasteiger partial charge is 0.234 e. The molecule has 1 aliphatic carbocycles. The van der Waals surface area contributed by atoms with Crippen LogP contribution in [0.3, 0.4) is 0 Å². The van der Waals surface area contributed by atoms with E-state index in [1.807, 2.05) is 0 Å². The van der Waals surface area contributed by atoms with Crippen molar-refractivity contribution in [3.63, 3.8) is 0 Å². The Labute approximate surface area is 169 Å². The number of piperidine rings is 1. The van der Waals surface area contributed by atoms with Gasteiger partial charge in [-0.2, -0.15) is 5.10 Å². The van der Waals surface area contributed by atoms with Crippen LogP contribution in [0.2, 0.25) is 0 Å². The molecule has 0 bridgehead atoms. The van der Waals surface area contributed by atoms with E-state index in [2.05, 4.69) is 32.4 Å². The molecule has 9 heteroatoms. The van der Waals surface area contributed by atoms with Crippen LogP contribution in [0.15, 0.2) is 12.3 Å². The van der Waals surface area contributed by atoms with Gasteiger partial charge in [0.25, 0.3) is 0 Å². The summed E-state index contributed by atoms with van der Waals surface area (Å²) in [6.07, 6.45) is 8.16. The molecule has 28 heavy (non-hydrogen) atoms. The quantitative estimate of drug-likeness (QED) is 0.793. The van der Waals surface area contributed by atoms with Crippen molar-refractivity contribution in [1.82, 2.24) is 25.3 Å². The number of aliphatic hydroxyl groups is 1. The summed E-state index contributed by atoms with van der Waals surface area (Å²) in [5.74, 6) is 0.897. The number of hydrogen-bond acceptors (Lipinski definition) is 7. The number of hydrogen-bond donors (Lipinski definition) is 2. The summed E-state index contributed by atoms with van der Waals surface area (Å²) >= 11 is 1.46. The van der Waals surface area contributed by atoms with Gasteiger partial charge in [0, 0.05) is 31.2 Å². The summed E-state index contributed by atoms with van der Waals surface area (Å²) in [4.78, 5) is 14.9. The van der Waals surface area contributed by atoms with Crippen LogP contribution in [0.4, 0.5) is 5.13 Å². The largest absolute Gasteiger partial charge is 0.390 e. The van der Waals surface area contributed by atoms with Crippen LogP contribution in [-0.2, 0) is 11.4 Å². The number of aromatic nitrogens is 4. The van der Waals surface area contributed by atoms with E-state index in [1.165, 1.54) is 30.6 Å². The molecule has 1 amide bonds. The monoisotopic (exact) mass is 404 g/mol. The molecule has 0 spiro atoms. The van der Waals surface area contributed by atoms with Gasteiger partial charge >= 0.3 is 0 Å². The highest BCUT2D eigenvalue weighted by Crippen LogP contribution is 2.29. The molecule has 2 aromatic rings. The zero-order valence-electron chi connectivity index (χ0n) is 16.3.